The molecule has 0 spiro atoms. The topological polar surface area (TPSA) is 12.0 Å². The number of hydrogen-bond acceptors (Lipinski definition) is 1. The fourth-order valence-corrected chi connectivity index (χ4v) is 1.77. The Kier molecular flexibility index (Phi) is 4.28. The van der Waals surface area contributed by atoms with Gasteiger partial charge < -0.3 is 5.32 Å². The van der Waals surface area contributed by atoms with Crippen molar-refractivity contribution in [1.82, 2.24) is 5.32 Å². The van der Waals surface area contributed by atoms with Crippen LogP contribution in [0.1, 0.15) is 11.1 Å². The first-order chi connectivity index (χ1) is 8.65. The molecule has 0 saturated carbocycles. The van der Waals surface area contributed by atoms with Gasteiger partial charge in [0.1, 0.15) is 11.6 Å². The van der Waals surface area contributed by atoms with Gasteiger partial charge in [-0.2, -0.15) is 0 Å². The average molecular weight is 268 g/mol. The molecule has 18 heavy (non-hydrogen) atoms. The maximum absolute atomic E-state index is 13.2. The maximum atomic E-state index is 13.2. The minimum absolute atomic E-state index is 0.115. The van der Waals surface area contributed by atoms with E-state index in [1.807, 2.05) is 6.07 Å². The van der Waals surface area contributed by atoms with Gasteiger partial charge in [-0.25, -0.2) is 8.78 Å². The fourth-order valence-electron chi connectivity index (χ4n) is 1.65. The van der Waals surface area contributed by atoms with Crippen LogP contribution < -0.4 is 5.32 Å². The van der Waals surface area contributed by atoms with E-state index in [9.17, 15) is 8.78 Å². The fraction of sp³-hybridized carbons (Fsp3) is 0.143. The molecule has 0 aromatic heterocycles. The molecule has 0 heterocycles. The summed E-state index contributed by atoms with van der Waals surface area (Å²) >= 11 is 5.59. The van der Waals surface area contributed by atoms with Crippen LogP contribution in [0.5, 0.6) is 0 Å². The highest BCUT2D eigenvalue weighted by atomic mass is 35.5. The molecule has 94 valence electrons. The summed E-state index contributed by atoms with van der Waals surface area (Å²) in [7, 11) is 0. The van der Waals surface area contributed by atoms with Gasteiger partial charge in [0.2, 0.25) is 0 Å². The van der Waals surface area contributed by atoms with E-state index in [4.69, 9.17) is 11.6 Å². The average Bonchev–Trinajstić information content (AvgIpc) is 2.34. The molecule has 0 unspecified atom stereocenters. The lowest BCUT2D eigenvalue weighted by Crippen LogP contribution is -2.12. The molecular formula is C14H12ClF2N. The lowest BCUT2D eigenvalue weighted by Gasteiger charge is -2.06. The molecule has 0 saturated heterocycles. The van der Waals surface area contributed by atoms with E-state index < -0.39 is 5.82 Å². The second-order valence-electron chi connectivity index (χ2n) is 3.98. The van der Waals surface area contributed by atoms with Crippen LogP contribution in [0.25, 0.3) is 0 Å². The first kappa shape index (κ1) is 13.0. The van der Waals surface area contributed by atoms with Gasteiger partial charge in [-0.15, -0.1) is 0 Å². The summed E-state index contributed by atoms with van der Waals surface area (Å²) in [5, 5.41) is 3.23. The molecule has 1 nitrogen and oxygen atoms in total. The second-order valence-corrected chi connectivity index (χ2v) is 4.39. The molecule has 2 aromatic rings. The molecular weight excluding hydrogens is 256 g/mol. The summed E-state index contributed by atoms with van der Waals surface area (Å²) in [4.78, 5) is 0. The van der Waals surface area contributed by atoms with Crippen LogP contribution in [0.15, 0.2) is 42.5 Å². The Morgan fingerprint density at radius 1 is 0.944 bits per heavy atom. The normalized spacial score (nSPS) is 10.6. The van der Waals surface area contributed by atoms with Gasteiger partial charge in [0, 0.05) is 13.1 Å². The third-order valence-electron chi connectivity index (χ3n) is 2.53. The Bertz CT molecular complexity index is 543. The van der Waals surface area contributed by atoms with Crippen LogP contribution in [0.3, 0.4) is 0 Å². The van der Waals surface area contributed by atoms with E-state index in [0.717, 1.165) is 11.1 Å². The molecule has 0 atom stereocenters. The van der Waals surface area contributed by atoms with Crippen molar-refractivity contribution in [2.75, 3.05) is 0 Å². The highest BCUT2D eigenvalue weighted by Crippen LogP contribution is 2.15. The molecule has 0 aliphatic carbocycles. The molecule has 0 aliphatic rings. The van der Waals surface area contributed by atoms with Gasteiger partial charge >= 0.3 is 0 Å². The van der Waals surface area contributed by atoms with E-state index >= 15 is 0 Å². The third-order valence-corrected chi connectivity index (χ3v) is 2.84. The summed E-state index contributed by atoms with van der Waals surface area (Å²) in [5.74, 6) is -0.687. The second kappa shape index (κ2) is 5.94. The Hall–Kier alpha value is -1.45. The molecule has 0 amide bonds. The van der Waals surface area contributed by atoms with Crippen LogP contribution in [0.2, 0.25) is 5.02 Å². The number of benzene rings is 2. The monoisotopic (exact) mass is 267 g/mol. The van der Waals surface area contributed by atoms with Gasteiger partial charge in [0.25, 0.3) is 0 Å². The Morgan fingerprint density at radius 2 is 1.67 bits per heavy atom. The predicted octanol–water partition coefficient (Wildman–Crippen LogP) is 3.91. The summed E-state index contributed by atoms with van der Waals surface area (Å²) in [6, 6.07) is 11.0. The third kappa shape index (κ3) is 3.52. The molecule has 0 aliphatic heterocycles. The van der Waals surface area contributed by atoms with Crippen molar-refractivity contribution < 1.29 is 8.78 Å². The zero-order valence-electron chi connectivity index (χ0n) is 9.59. The zero-order chi connectivity index (χ0) is 13.0. The standard InChI is InChI=1S/C14H12ClF2N/c15-13-5-4-11(7-14(13)17)9-18-8-10-2-1-3-12(16)6-10/h1-7,18H,8-9H2. The van der Waals surface area contributed by atoms with Crippen LogP contribution >= 0.6 is 11.6 Å². The van der Waals surface area contributed by atoms with E-state index in [2.05, 4.69) is 5.32 Å². The highest BCUT2D eigenvalue weighted by molar-refractivity contribution is 6.30. The molecule has 0 bridgehead atoms. The van der Waals surface area contributed by atoms with Gasteiger partial charge in [0.15, 0.2) is 0 Å². The van der Waals surface area contributed by atoms with Crippen LogP contribution in [-0.4, -0.2) is 0 Å². The van der Waals surface area contributed by atoms with Crippen LogP contribution in [0, 0.1) is 11.6 Å². The minimum Gasteiger partial charge on any atom is -0.309 e. The Morgan fingerprint density at radius 3 is 2.33 bits per heavy atom. The van der Waals surface area contributed by atoms with Crippen molar-refractivity contribution in [3.05, 3.63) is 70.2 Å². The lowest BCUT2D eigenvalue weighted by atomic mass is 10.2. The number of halogens is 3. The predicted molar refractivity (Wildman–Crippen MR) is 68.4 cm³/mol. The van der Waals surface area contributed by atoms with Gasteiger partial charge in [-0.05, 0) is 35.4 Å². The van der Waals surface area contributed by atoms with E-state index in [1.165, 1.54) is 24.3 Å². The Balaban J connectivity index is 1.90. The molecule has 4 heteroatoms. The largest absolute Gasteiger partial charge is 0.309 e. The highest BCUT2D eigenvalue weighted by Gasteiger charge is 2.01. The van der Waals surface area contributed by atoms with E-state index in [0.29, 0.717) is 13.1 Å². The SMILES string of the molecule is Fc1cccc(CNCc2ccc(Cl)c(F)c2)c1. The van der Waals surface area contributed by atoms with E-state index in [1.54, 1.807) is 12.1 Å². The summed E-state index contributed by atoms with van der Waals surface area (Å²) < 4.78 is 26.1. The smallest absolute Gasteiger partial charge is 0.142 e. The van der Waals surface area contributed by atoms with Crippen LogP contribution in [-0.2, 0) is 13.1 Å². The number of rotatable bonds is 4. The van der Waals surface area contributed by atoms with Crippen molar-refractivity contribution in [3.63, 3.8) is 0 Å². The van der Waals surface area contributed by atoms with Crippen molar-refractivity contribution in [2.24, 2.45) is 0 Å². The van der Waals surface area contributed by atoms with Crippen molar-refractivity contribution in [3.8, 4) is 0 Å². The molecule has 2 aromatic carbocycles. The van der Waals surface area contributed by atoms with E-state index in [-0.39, 0.29) is 10.8 Å². The molecule has 2 rings (SSSR count). The van der Waals surface area contributed by atoms with Crippen molar-refractivity contribution in [2.45, 2.75) is 13.1 Å². The summed E-state index contributed by atoms with van der Waals surface area (Å²) in [5.41, 5.74) is 1.65. The molecule has 0 radical (unpaired) electrons. The number of hydrogen-bond donors (Lipinski definition) is 1. The maximum Gasteiger partial charge on any atom is 0.142 e. The first-order valence-corrected chi connectivity index (χ1v) is 5.92. The van der Waals surface area contributed by atoms with Crippen molar-refractivity contribution >= 4 is 11.6 Å². The quantitative estimate of drug-likeness (QED) is 0.886. The minimum atomic E-state index is -0.429. The summed E-state index contributed by atoms with van der Waals surface area (Å²) in [6.45, 7) is 1.03. The van der Waals surface area contributed by atoms with Gasteiger partial charge in [0.05, 0.1) is 5.02 Å². The first-order valence-electron chi connectivity index (χ1n) is 5.54. The van der Waals surface area contributed by atoms with Gasteiger partial charge in [-0.1, -0.05) is 29.8 Å². The summed E-state index contributed by atoms with van der Waals surface area (Å²) in [6.07, 6.45) is 0. The molecule has 0 fully saturated rings. The van der Waals surface area contributed by atoms with Crippen molar-refractivity contribution in [1.29, 1.82) is 0 Å². The lowest BCUT2D eigenvalue weighted by molar-refractivity contribution is 0.615. The zero-order valence-corrected chi connectivity index (χ0v) is 10.3. The number of nitrogens with one attached hydrogen (secondary N) is 1. The van der Waals surface area contributed by atoms with Crippen LogP contribution in [0.4, 0.5) is 8.78 Å². The van der Waals surface area contributed by atoms with Gasteiger partial charge in [-0.3, -0.25) is 0 Å². The molecule has 1 N–H and O–H groups in total. The Labute approximate surface area is 109 Å².